The van der Waals surface area contributed by atoms with Crippen LogP contribution in [0.15, 0.2) is 0 Å². The maximum absolute atomic E-state index is 10.3. The molecule has 0 aliphatic heterocycles. The Morgan fingerprint density at radius 1 is 0.476 bits per heavy atom. The van der Waals surface area contributed by atoms with Gasteiger partial charge in [0.15, 0.2) is 0 Å². The van der Waals surface area contributed by atoms with Crippen LogP contribution in [0.2, 0.25) is 0 Å². The number of hydrogen-bond donors (Lipinski definition) is 2. The molecule has 21 heavy (non-hydrogen) atoms. The summed E-state index contributed by atoms with van der Waals surface area (Å²) < 4.78 is 0. The molecule has 0 saturated carbocycles. The summed E-state index contributed by atoms with van der Waals surface area (Å²) in [6.07, 6.45) is 14.1. The Kier molecular flexibility index (Phi) is 19.9. The Hall–Kier alpha value is -0.0600. The monoisotopic (exact) mass is 310 g/mol. The number of carboxylic acids is 2. The van der Waals surface area contributed by atoms with E-state index in [9.17, 15) is 9.59 Å². The van der Waals surface area contributed by atoms with Gasteiger partial charge in [0, 0.05) is 12.8 Å². The fourth-order valence-electron chi connectivity index (χ4n) is 2.32. The van der Waals surface area contributed by atoms with Crippen molar-refractivity contribution in [3.63, 3.8) is 0 Å². The number of hydrogen-bond acceptors (Lipinski definition) is 2. The number of rotatable bonds is 15. The molecular weight excluding hydrogens is 279 g/mol. The first-order chi connectivity index (χ1) is 9.63. The summed E-state index contributed by atoms with van der Waals surface area (Å²) in [5.74, 6) is -1.37. The summed E-state index contributed by atoms with van der Waals surface area (Å²) in [5, 5.41) is 17.0. The summed E-state index contributed by atoms with van der Waals surface area (Å²) in [6, 6.07) is 0. The van der Waals surface area contributed by atoms with Crippen LogP contribution in [0.1, 0.15) is 89.9 Å². The first kappa shape index (κ1) is 23.2. The van der Waals surface area contributed by atoms with E-state index in [1.165, 1.54) is 38.5 Å². The quantitative estimate of drug-likeness (QED) is 0.354. The fraction of sp³-hybridized carbons (Fsp3) is 0.875. The zero-order chi connectivity index (χ0) is 15.1. The van der Waals surface area contributed by atoms with Crippen LogP contribution in [0.4, 0.5) is 0 Å². The second kappa shape index (κ2) is 18.0. The summed E-state index contributed by atoms with van der Waals surface area (Å²) in [6.45, 7) is 0. The van der Waals surface area contributed by atoms with Crippen LogP contribution in [0.5, 0.6) is 0 Å². The van der Waals surface area contributed by atoms with E-state index >= 15 is 0 Å². The number of carbonyl (C=O) groups is 2. The molecule has 0 aromatic heterocycles. The Labute approximate surface area is 151 Å². The van der Waals surface area contributed by atoms with Crippen LogP contribution in [0.3, 0.4) is 0 Å². The second-order valence-electron chi connectivity index (χ2n) is 5.53. The van der Waals surface area contributed by atoms with Gasteiger partial charge in [-0.3, -0.25) is 9.59 Å². The summed E-state index contributed by atoms with van der Waals surface area (Å²) in [4.78, 5) is 20.6. The summed E-state index contributed by atoms with van der Waals surface area (Å²) >= 11 is 0. The molecule has 0 spiro atoms. The topological polar surface area (TPSA) is 74.6 Å². The molecule has 0 aromatic rings. The first-order valence-electron chi connectivity index (χ1n) is 8.06. The number of unbranched alkanes of at least 4 members (excludes halogenated alkanes) is 11. The van der Waals surface area contributed by atoms with Crippen LogP contribution in [-0.4, -0.2) is 51.7 Å². The molecule has 0 saturated heterocycles. The Morgan fingerprint density at radius 3 is 0.857 bits per heavy atom. The van der Waals surface area contributed by atoms with Crippen LogP contribution >= 0.6 is 0 Å². The molecule has 4 nitrogen and oxygen atoms in total. The minimum absolute atomic E-state index is 0. The molecule has 0 radical (unpaired) electrons. The van der Waals surface area contributed by atoms with Crippen molar-refractivity contribution >= 4 is 41.5 Å². The average Bonchev–Trinajstić information content (AvgIpc) is 2.38. The van der Waals surface area contributed by atoms with Crippen LogP contribution in [0, 0.1) is 0 Å². The fourth-order valence-corrected chi connectivity index (χ4v) is 2.32. The Balaban J connectivity index is 0. The van der Waals surface area contributed by atoms with E-state index in [-0.39, 0.29) is 29.6 Å². The van der Waals surface area contributed by atoms with Gasteiger partial charge in [0.2, 0.25) is 0 Å². The zero-order valence-corrected chi connectivity index (χ0v) is 12.6. The molecule has 5 heteroatoms. The molecule has 120 valence electrons. The van der Waals surface area contributed by atoms with E-state index in [2.05, 4.69) is 0 Å². The van der Waals surface area contributed by atoms with Crippen molar-refractivity contribution in [2.75, 3.05) is 0 Å². The van der Waals surface area contributed by atoms with Gasteiger partial charge in [-0.05, 0) is 12.8 Å². The zero-order valence-electron chi connectivity index (χ0n) is 12.6. The molecular formula is C16H31NaO4. The standard InChI is InChI=1S/C16H30O4.Na.H/c17-15(18)13-11-9-7-5-3-1-2-4-6-8-10-12-14-16(19)20;;/h1-14H2,(H,17,18)(H,19,20);;. The predicted molar refractivity (Wildman–Crippen MR) is 87.1 cm³/mol. The van der Waals surface area contributed by atoms with Crippen LogP contribution in [-0.2, 0) is 9.59 Å². The third kappa shape index (κ3) is 22.4. The van der Waals surface area contributed by atoms with E-state index in [1.54, 1.807) is 0 Å². The third-order valence-electron chi connectivity index (χ3n) is 3.53. The van der Waals surface area contributed by atoms with E-state index < -0.39 is 11.9 Å². The van der Waals surface area contributed by atoms with Gasteiger partial charge in [-0.1, -0.05) is 64.2 Å². The summed E-state index contributed by atoms with van der Waals surface area (Å²) in [7, 11) is 0. The van der Waals surface area contributed by atoms with Gasteiger partial charge >= 0.3 is 41.5 Å². The normalized spacial score (nSPS) is 10.1. The van der Waals surface area contributed by atoms with Crippen molar-refractivity contribution in [2.24, 2.45) is 0 Å². The molecule has 0 aliphatic rings. The van der Waals surface area contributed by atoms with Gasteiger partial charge < -0.3 is 10.2 Å². The van der Waals surface area contributed by atoms with Gasteiger partial charge in [-0.25, -0.2) is 0 Å². The van der Waals surface area contributed by atoms with Gasteiger partial charge in [0.1, 0.15) is 0 Å². The molecule has 0 aliphatic carbocycles. The van der Waals surface area contributed by atoms with Gasteiger partial charge in [0.25, 0.3) is 0 Å². The first-order valence-corrected chi connectivity index (χ1v) is 8.06. The Bertz CT molecular complexity index is 231. The Morgan fingerprint density at radius 2 is 0.667 bits per heavy atom. The van der Waals surface area contributed by atoms with Crippen LogP contribution in [0.25, 0.3) is 0 Å². The third-order valence-corrected chi connectivity index (χ3v) is 3.53. The van der Waals surface area contributed by atoms with Gasteiger partial charge in [0.05, 0.1) is 0 Å². The van der Waals surface area contributed by atoms with E-state index in [0.29, 0.717) is 12.8 Å². The second-order valence-corrected chi connectivity index (χ2v) is 5.53. The van der Waals surface area contributed by atoms with Crippen LogP contribution < -0.4 is 0 Å². The maximum atomic E-state index is 10.3. The molecule has 0 heterocycles. The van der Waals surface area contributed by atoms with E-state index in [1.807, 2.05) is 0 Å². The molecule has 0 atom stereocenters. The molecule has 2 N–H and O–H groups in total. The molecule has 0 unspecified atom stereocenters. The van der Waals surface area contributed by atoms with Crippen molar-refractivity contribution in [2.45, 2.75) is 89.9 Å². The van der Waals surface area contributed by atoms with Crippen molar-refractivity contribution in [1.82, 2.24) is 0 Å². The predicted octanol–water partition coefficient (Wildman–Crippen LogP) is 3.97. The minimum atomic E-state index is -0.687. The molecule has 0 rings (SSSR count). The molecule has 0 fully saturated rings. The van der Waals surface area contributed by atoms with E-state index in [4.69, 9.17) is 10.2 Å². The van der Waals surface area contributed by atoms with Crippen molar-refractivity contribution in [1.29, 1.82) is 0 Å². The molecule has 0 aromatic carbocycles. The van der Waals surface area contributed by atoms with Crippen molar-refractivity contribution in [3.05, 3.63) is 0 Å². The van der Waals surface area contributed by atoms with Crippen molar-refractivity contribution < 1.29 is 19.8 Å². The molecule has 0 amide bonds. The number of aliphatic carboxylic acids is 2. The average molecular weight is 310 g/mol. The van der Waals surface area contributed by atoms with Gasteiger partial charge in [-0.15, -0.1) is 0 Å². The van der Waals surface area contributed by atoms with Gasteiger partial charge in [-0.2, -0.15) is 0 Å². The van der Waals surface area contributed by atoms with Crippen molar-refractivity contribution in [3.8, 4) is 0 Å². The SMILES string of the molecule is O=C(O)CCCCCCCCCCCCCCC(=O)O.[NaH]. The molecule has 0 bridgehead atoms. The summed E-state index contributed by atoms with van der Waals surface area (Å²) in [5.41, 5.74) is 0. The number of carboxylic acid groups (broad SMARTS) is 2. The van der Waals surface area contributed by atoms with E-state index in [0.717, 1.165) is 38.5 Å².